The molecular formula is C16H10F3NO2. The van der Waals surface area contributed by atoms with Crippen molar-refractivity contribution >= 4 is 0 Å². The molecule has 0 radical (unpaired) electrons. The predicted octanol–water partition coefficient (Wildman–Crippen LogP) is 3.92. The lowest BCUT2D eigenvalue weighted by molar-refractivity contribution is 0.281. The second-order valence-electron chi connectivity index (χ2n) is 4.67. The van der Waals surface area contributed by atoms with Crippen LogP contribution in [0.15, 0.2) is 47.0 Å². The first-order chi connectivity index (χ1) is 10.6. The highest BCUT2D eigenvalue weighted by molar-refractivity contribution is 5.72. The van der Waals surface area contributed by atoms with Crippen LogP contribution in [0.1, 0.15) is 5.56 Å². The van der Waals surface area contributed by atoms with Gasteiger partial charge in [0.1, 0.15) is 23.1 Å². The van der Waals surface area contributed by atoms with Gasteiger partial charge in [0.25, 0.3) is 0 Å². The van der Waals surface area contributed by atoms with Crippen molar-refractivity contribution in [2.24, 2.45) is 0 Å². The smallest absolute Gasteiger partial charge is 0.173 e. The average Bonchev–Trinajstić information content (AvgIpc) is 2.90. The molecule has 0 unspecified atom stereocenters. The van der Waals surface area contributed by atoms with Crippen molar-refractivity contribution in [2.75, 3.05) is 0 Å². The molecule has 6 heteroatoms. The van der Waals surface area contributed by atoms with Crippen molar-refractivity contribution in [1.82, 2.24) is 5.16 Å². The summed E-state index contributed by atoms with van der Waals surface area (Å²) in [6.07, 6.45) is 0. The van der Waals surface area contributed by atoms with E-state index in [1.807, 2.05) is 0 Å². The quantitative estimate of drug-likeness (QED) is 0.798. The van der Waals surface area contributed by atoms with Gasteiger partial charge in [-0.2, -0.15) is 0 Å². The molecule has 3 nitrogen and oxygen atoms in total. The third kappa shape index (κ3) is 2.60. The van der Waals surface area contributed by atoms with E-state index in [9.17, 15) is 18.3 Å². The molecule has 3 aromatic rings. The molecular weight excluding hydrogens is 295 g/mol. The van der Waals surface area contributed by atoms with Crippen LogP contribution in [0.5, 0.6) is 0 Å². The number of hydrogen-bond donors (Lipinski definition) is 1. The first kappa shape index (κ1) is 14.3. The Morgan fingerprint density at radius 3 is 2.23 bits per heavy atom. The largest absolute Gasteiger partial charge is 0.391 e. The molecule has 0 amide bonds. The average molecular weight is 305 g/mol. The molecule has 0 bridgehead atoms. The van der Waals surface area contributed by atoms with E-state index in [-0.39, 0.29) is 22.6 Å². The normalized spacial score (nSPS) is 10.9. The first-order valence-electron chi connectivity index (χ1n) is 6.40. The van der Waals surface area contributed by atoms with E-state index in [2.05, 4.69) is 5.16 Å². The number of halogens is 3. The van der Waals surface area contributed by atoms with Crippen LogP contribution in [-0.4, -0.2) is 10.3 Å². The van der Waals surface area contributed by atoms with E-state index in [4.69, 9.17) is 4.52 Å². The second-order valence-corrected chi connectivity index (χ2v) is 4.67. The van der Waals surface area contributed by atoms with Crippen LogP contribution in [-0.2, 0) is 6.61 Å². The maximum atomic E-state index is 13.3. The fourth-order valence-electron chi connectivity index (χ4n) is 2.23. The van der Waals surface area contributed by atoms with Crippen LogP contribution >= 0.6 is 0 Å². The lowest BCUT2D eigenvalue weighted by Gasteiger charge is -2.02. The molecule has 22 heavy (non-hydrogen) atoms. The summed E-state index contributed by atoms with van der Waals surface area (Å²) >= 11 is 0. The summed E-state index contributed by atoms with van der Waals surface area (Å²) in [7, 11) is 0. The van der Waals surface area contributed by atoms with Gasteiger partial charge in [0.2, 0.25) is 0 Å². The molecule has 3 rings (SSSR count). The minimum Gasteiger partial charge on any atom is -0.391 e. The molecule has 0 saturated carbocycles. The summed E-state index contributed by atoms with van der Waals surface area (Å²) in [5.41, 5.74) is 0.850. The van der Waals surface area contributed by atoms with Gasteiger partial charge in [-0.05, 0) is 24.3 Å². The van der Waals surface area contributed by atoms with E-state index in [0.29, 0.717) is 5.56 Å². The maximum Gasteiger partial charge on any atom is 0.173 e. The zero-order chi connectivity index (χ0) is 15.7. The highest BCUT2D eigenvalue weighted by Crippen LogP contribution is 2.33. The van der Waals surface area contributed by atoms with Crippen LogP contribution in [0.3, 0.4) is 0 Å². The molecule has 112 valence electrons. The van der Waals surface area contributed by atoms with Gasteiger partial charge >= 0.3 is 0 Å². The lowest BCUT2D eigenvalue weighted by Crippen LogP contribution is -1.91. The molecule has 1 N–H and O–H groups in total. The van der Waals surface area contributed by atoms with Crippen LogP contribution in [0.4, 0.5) is 13.2 Å². The van der Waals surface area contributed by atoms with E-state index < -0.39 is 24.1 Å². The molecule has 0 atom stereocenters. The number of aliphatic hydroxyl groups is 1. The van der Waals surface area contributed by atoms with E-state index in [0.717, 1.165) is 18.2 Å². The Labute approximate surface area is 123 Å². The Hall–Kier alpha value is -2.60. The molecule has 1 heterocycles. The monoisotopic (exact) mass is 305 g/mol. The minimum atomic E-state index is -0.769. The topological polar surface area (TPSA) is 46.3 Å². The number of nitrogens with zero attached hydrogens (tertiary/aromatic N) is 1. The SMILES string of the molecule is OCc1c(-c2cc(F)cc(F)c2)noc1-c1cccc(F)c1. The van der Waals surface area contributed by atoms with E-state index in [1.54, 1.807) is 6.07 Å². The van der Waals surface area contributed by atoms with E-state index >= 15 is 0 Å². The standard InChI is InChI=1S/C16H10F3NO2/c17-11-3-1-2-9(4-11)16-14(8-21)15(20-22-16)10-5-12(18)7-13(19)6-10/h1-7,21H,8H2. The number of aromatic nitrogens is 1. The Morgan fingerprint density at radius 2 is 1.59 bits per heavy atom. The molecule has 2 aromatic carbocycles. The van der Waals surface area contributed by atoms with Crippen molar-refractivity contribution in [3.05, 3.63) is 65.5 Å². The molecule has 1 aromatic heterocycles. The second kappa shape index (κ2) is 5.65. The number of benzene rings is 2. The van der Waals surface area contributed by atoms with Gasteiger partial charge in [-0.1, -0.05) is 17.3 Å². The minimum absolute atomic E-state index is 0.111. The predicted molar refractivity (Wildman–Crippen MR) is 73.2 cm³/mol. The summed E-state index contributed by atoms with van der Waals surface area (Å²) in [6, 6.07) is 8.44. The fraction of sp³-hybridized carbons (Fsp3) is 0.0625. The Kier molecular flexibility index (Phi) is 3.68. The van der Waals surface area contributed by atoms with E-state index in [1.165, 1.54) is 18.2 Å². The van der Waals surface area contributed by atoms with Gasteiger partial charge in [-0.3, -0.25) is 0 Å². The van der Waals surface area contributed by atoms with Crippen LogP contribution < -0.4 is 0 Å². The van der Waals surface area contributed by atoms with Gasteiger partial charge in [0.15, 0.2) is 5.76 Å². The van der Waals surface area contributed by atoms with Gasteiger partial charge in [0, 0.05) is 17.2 Å². The van der Waals surface area contributed by atoms with Crippen molar-refractivity contribution in [3.63, 3.8) is 0 Å². The van der Waals surface area contributed by atoms with Crippen LogP contribution in [0, 0.1) is 17.5 Å². The third-order valence-corrected chi connectivity index (χ3v) is 3.17. The summed E-state index contributed by atoms with van der Waals surface area (Å²) < 4.78 is 45.1. The molecule has 0 aliphatic rings. The Morgan fingerprint density at radius 1 is 0.909 bits per heavy atom. The van der Waals surface area contributed by atoms with Crippen LogP contribution in [0.2, 0.25) is 0 Å². The van der Waals surface area contributed by atoms with Gasteiger partial charge in [0.05, 0.1) is 12.2 Å². The van der Waals surface area contributed by atoms with Crippen molar-refractivity contribution in [2.45, 2.75) is 6.61 Å². The van der Waals surface area contributed by atoms with Crippen LogP contribution in [0.25, 0.3) is 22.6 Å². The van der Waals surface area contributed by atoms with Crippen molar-refractivity contribution < 1.29 is 22.8 Å². The number of aliphatic hydroxyl groups excluding tert-OH is 1. The maximum absolute atomic E-state index is 13.3. The highest BCUT2D eigenvalue weighted by atomic mass is 19.1. The number of rotatable bonds is 3. The highest BCUT2D eigenvalue weighted by Gasteiger charge is 2.19. The first-order valence-corrected chi connectivity index (χ1v) is 6.40. The zero-order valence-corrected chi connectivity index (χ0v) is 11.2. The molecule has 0 fully saturated rings. The zero-order valence-electron chi connectivity index (χ0n) is 11.2. The van der Waals surface area contributed by atoms with Gasteiger partial charge < -0.3 is 9.63 Å². The van der Waals surface area contributed by atoms with Crippen molar-refractivity contribution in [1.29, 1.82) is 0 Å². The summed E-state index contributed by atoms with van der Waals surface area (Å²) in [6.45, 7) is -0.469. The Balaban J connectivity index is 2.15. The number of hydrogen-bond acceptors (Lipinski definition) is 3. The molecule has 0 spiro atoms. The molecule has 0 aliphatic carbocycles. The van der Waals surface area contributed by atoms with Gasteiger partial charge in [-0.15, -0.1) is 0 Å². The summed E-state index contributed by atoms with van der Waals surface area (Å²) in [4.78, 5) is 0. The Bertz CT molecular complexity index is 810. The van der Waals surface area contributed by atoms with Crippen molar-refractivity contribution in [3.8, 4) is 22.6 Å². The lowest BCUT2D eigenvalue weighted by atomic mass is 10.0. The summed E-state index contributed by atoms with van der Waals surface area (Å²) in [5, 5.41) is 13.3. The molecule has 0 saturated heterocycles. The third-order valence-electron chi connectivity index (χ3n) is 3.17. The molecule has 0 aliphatic heterocycles. The van der Waals surface area contributed by atoms with Gasteiger partial charge in [-0.25, -0.2) is 13.2 Å². The summed E-state index contributed by atoms with van der Waals surface area (Å²) in [5.74, 6) is -1.86. The fourth-order valence-corrected chi connectivity index (χ4v) is 2.23.